The number of anilines is 2. The first-order valence-corrected chi connectivity index (χ1v) is 8.25. The molecule has 28 heavy (non-hydrogen) atoms. The Labute approximate surface area is 157 Å². The van der Waals surface area contributed by atoms with Crippen molar-refractivity contribution in [1.29, 1.82) is 0 Å². The average Bonchev–Trinajstić information content (AvgIpc) is 2.65. The van der Waals surface area contributed by atoms with Gasteiger partial charge < -0.3 is 10.1 Å². The monoisotopic (exact) mass is 390 g/mol. The van der Waals surface area contributed by atoms with Crippen LogP contribution in [-0.4, -0.2) is 17.6 Å². The molecule has 1 aromatic heterocycles. The van der Waals surface area contributed by atoms with Gasteiger partial charge >= 0.3 is 5.97 Å². The third kappa shape index (κ3) is 3.95. The van der Waals surface area contributed by atoms with Gasteiger partial charge in [0.1, 0.15) is 34.8 Å². The second-order valence-corrected chi connectivity index (χ2v) is 5.66. The largest absolute Gasteiger partial charge is 0.462 e. The zero-order chi connectivity index (χ0) is 20.3. The van der Waals surface area contributed by atoms with Crippen LogP contribution >= 0.6 is 0 Å². The van der Waals surface area contributed by atoms with Crippen molar-refractivity contribution in [2.45, 2.75) is 6.92 Å². The summed E-state index contributed by atoms with van der Waals surface area (Å²) >= 11 is 0. The van der Waals surface area contributed by atoms with Crippen LogP contribution in [0.25, 0.3) is 11.3 Å². The van der Waals surface area contributed by atoms with Crippen molar-refractivity contribution < 1.29 is 27.1 Å². The lowest BCUT2D eigenvalue weighted by Gasteiger charge is -2.13. The standard InChI is InChI=1S/C20H14F4N2O2/c1-2-28-20(27)13-8-9-17(26-19-14(22)4-3-5-15(19)23)25-18(13)12-7-6-11(21)10-16(12)24/h3-10H,2H2,1H3,(H,25,26). The summed E-state index contributed by atoms with van der Waals surface area (Å²) in [6, 6.07) is 8.65. The molecular formula is C20H14F4N2O2. The number of ether oxygens (including phenoxy) is 1. The first-order chi connectivity index (χ1) is 13.4. The van der Waals surface area contributed by atoms with Gasteiger partial charge in [0.05, 0.1) is 17.9 Å². The number of aromatic nitrogens is 1. The number of benzene rings is 2. The highest BCUT2D eigenvalue weighted by molar-refractivity contribution is 5.96. The molecule has 0 amide bonds. The summed E-state index contributed by atoms with van der Waals surface area (Å²) in [7, 11) is 0. The number of esters is 1. The van der Waals surface area contributed by atoms with Gasteiger partial charge in [0.15, 0.2) is 0 Å². The minimum atomic E-state index is -0.952. The first-order valence-electron chi connectivity index (χ1n) is 8.25. The van der Waals surface area contributed by atoms with Crippen LogP contribution in [0.5, 0.6) is 0 Å². The van der Waals surface area contributed by atoms with Crippen molar-refractivity contribution in [3.05, 3.63) is 77.4 Å². The SMILES string of the molecule is CCOC(=O)c1ccc(Nc2c(F)cccc2F)nc1-c1ccc(F)cc1F. The third-order valence-electron chi connectivity index (χ3n) is 3.79. The van der Waals surface area contributed by atoms with Gasteiger partial charge in [-0.15, -0.1) is 0 Å². The van der Waals surface area contributed by atoms with Crippen LogP contribution in [0.15, 0.2) is 48.5 Å². The van der Waals surface area contributed by atoms with Crippen LogP contribution in [0.2, 0.25) is 0 Å². The Bertz CT molecular complexity index is 1020. The third-order valence-corrected chi connectivity index (χ3v) is 3.79. The second kappa shape index (κ2) is 8.08. The van der Waals surface area contributed by atoms with Gasteiger partial charge in [-0.2, -0.15) is 0 Å². The molecule has 0 atom stereocenters. The molecule has 0 aliphatic rings. The van der Waals surface area contributed by atoms with Gasteiger partial charge in [-0.1, -0.05) is 6.07 Å². The fraction of sp³-hybridized carbons (Fsp3) is 0.100. The van der Waals surface area contributed by atoms with Crippen LogP contribution < -0.4 is 5.32 Å². The highest BCUT2D eigenvalue weighted by Gasteiger charge is 2.20. The first kappa shape index (κ1) is 19.3. The molecule has 0 bridgehead atoms. The second-order valence-electron chi connectivity index (χ2n) is 5.66. The number of carbonyl (C=O) groups is 1. The molecule has 0 unspecified atom stereocenters. The summed E-state index contributed by atoms with van der Waals surface area (Å²) in [5.74, 6) is -4.28. The van der Waals surface area contributed by atoms with Crippen LogP contribution in [-0.2, 0) is 4.74 Å². The summed E-state index contributed by atoms with van der Waals surface area (Å²) < 4.78 is 60.2. The predicted molar refractivity (Wildman–Crippen MR) is 95.2 cm³/mol. The van der Waals surface area contributed by atoms with E-state index in [9.17, 15) is 22.4 Å². The van der Waals surface area contributed by atoms with E-state index in [2.05, 4.69) is 10.3 Å². The number of nitrogens with zero attached hydrogens (tertiary/aromatic N) is 1. The minimum absolute atomic E-state index is 0.0456. The molecule has 1 heterocycles. The van der Waals surface area contributed by atoms with E-state index in [0.29, 0.717) is 6.07 Å². The van der Waals surface area contributed by atoms with Crippen molar-refractivity contribution in [2.75, 3.05) is 11.9 Å². The summed E-state index contributed by atoms with van der Waals surface area (Å²) in [6.45, 7) is 1.67. The summed E-state index contributed by atoms with van der Waals surface area (Å²) in [4.78, 5) is 16.3. The molecule has 3 aromatic rings. The number of pyridine rings is 1. The van der Waals surface area contributed by atoms with Gasteiger partial charge in [-0.05, 0) is 43.3 Å². The highest BCUT2D eigenvalue weighted by Crippen LogP contribution is 2.29. The lowest BCUT2D eigenvalue weighted by Crippen LogP contribution is -2.09. The van der Waals surface area contributed by atoms with E-state index in [1.54, 1.807) is 6.92 Å². The van der Waals surface area contributed by atoms with Crippen molar-refractivity contribution in [2.24, 2.45) is 0 Å². The highest BCUT2D eigenvalue weighted by atomic mass is 19.1. The van der Waals surface area contributed by atoms with Crippen molar-refractivity contribution >= 4 is 17.5 Å². The fourth-order valence-electron chi connectivity index (χ4n) is 2.53. The smallest absolute Gasteiger partial charge is 0.340 e. The Morgan fingerprint density at radius 3 is 2.36 bits per heavy atom. The van der Waals surface area contributed by atoms with Crippen LogP contribution in [0, 0.1) is 23.3 Å². The Morgan fingerprint density at radius 1 is 1.00 bits per heavy atom. The molecule has 4 nitrogen and oxygen atoms in total. The van der Waals surface area contributed by atoms with Crippen molar-refractivity contribution in [3.63, 3.8) is 0 Å². The Hall–Kier alpha value is -3.42. The molecule has 8 heteroatoms. The van der Waals surface area contributed by atoms with E-state index >= 15 is 0 Å². The number of para-hydroxylation sites is 1. The maximum absolute atomic E-state index is 14.3. The topological polar surface area (TPSA) is 51.2 Å². The van der Waals surface area contributed by atoms with E-state index in [4.69, 9.17) is 4.74 Å². The van der Waals surface area contributed by atoms with Gasteiger partial charge in [-0.25, -0.2) is 27.3 Å². The Morgan fingerprint density at radius 2 is 1.71 bits per heavy atom. The van der Waals surface area contributed by atoms with Gasteiger partial charge in [-0.3, -0.25) is 0 Å². The van der Waals surface area contributed by atoms with Gasteiger partial charge in [0, 0.05) is 11.6 Å². The molecule has 0 aliphatic carbocycles. The molecule has 0 radical (unpaired) electrons. The Balaban J connectivity index is 2.11. The van der Waals surface area contributed by atoms with Gasteiger partial charge in [0.25, 0.3) is 0 Å². The summed E-state index contributed by atoms with van der Waals surface area (Å²) in [5.41, 5.74) is -0.851. The molecular weight excluding hydrogens is 376 g/mol. The fourth-order valence-corrected chi connectivity index (χ4v) is 2.53. The normalized spacial score (nSPS) is 10.6. The molecule has 2 aromatic carbocycles. The molecule has 1 N–H and O–H groups in total. The van der Waals surface area contributed by atoms with Crippen molar-refractivity contribution in [1.82, 2.24) is 4.98 Å². The lowest BCUT2D eigenvalue weighted by molar-refractivity contribution is 0.0527. The van der Waals surface area contributed by atoms with E-state index in [-0.39, 0.29) is 29.2 Å². The number of nitrogens with one attached hydrogen (secondary N) is 1. The number of halogens is 4. The van der Waals surface area contributed by atoms with Crippen LogP contribution in [0.1, 0.15) is 17.3 Å². The lowest BCUT2D eigenvalue weighted by atomic mass is 10.0. The predicted octanol–water partition coefficient (Wildman–Crippen LogP) is 5.23. The van der Waals surface area contributed by atoms with E-state index in [0.717, 1.165) is 24.3 Å². The number of carbonyl (C=O) groups excluding carboxylic acids is 1. The van der Waals surface area contributed by atoms with E-state index in [1.807, 2.05) is 0 Å². The van der Waals surface area contributed by atoms with E-state index < -0.39 is 34.9 Å². The van der Waals surface area contributed by atoms with E-state index in [1.165, 1.54) is 18.2 Å². The molecule has 0 spiro atoms. The number of hydrogen-bond acceptors (Lipinski definition) is 4. The Kier molecular flexibility index (Phi) is 5.58. The number of rotatable bonds is 5. The number of hydrogen-bond donors (Lipinski definition) is 1. The average molecular weight is 390 g/mol. The molecule has 0 aliphatic heterocycles. The molecule has 0 saturated carbocycles. The van der Waals surface area contributed by atoms with Crippen LogP contribution in [0.4, 0.5) is 29.1 Å². The maximum atomic E-state index is 14.3. The van der Waals surface area contributed by atoms with Crippen LogP contribution in [0.3, 0.4) is 0 Å². The molecule has 0 saturated heterocycles. The quantitative estimate of drug-likeness (QED) is 0.479. The summed E-state index contributed by atoms with van der Waals surface area (Å²) in [5, 5.41) is 2.47. The molecule has 144 valence electrons. The molecule has 0 fully saturated rings. The molecule has 3 rings (SSSR count). The van der Waals surface area contributed by atoms with Gasteiger partial charge in [0.2, 0.25) is 0 Å². The summed E-state index contributed by atoms with van der Waals surface area (Å²) in [6.07, 6.45) is 0. The maximum Gasteiger partial charge on any atom is 0.340 e. The zero-order valence-electron chi connectivity index (χ0n) is 14.6. The minimum Gasteiger partial charge on any atom is -0.462 e. The van der Waals surface area contributed by atoms with Crippen molar-refractivity contribution in [3.8, 4) is 11.3 Å². The zero-order valence-corrected chi connectivity index (χ0v) is 14.6.